The monoisotopic (exact) mass is 269 g/mol. The molecule has 96 valence electrons. The maximum absolute atomic E-state index is 11.3. The van der Waals surface area contributed by atoms with Gasteiger partial charge < -0.3 is 10.4 Å². The number of nitrogens with zero attached hydrogens (tertiary/aromatic N) is 2. The van der Waals surface area contributed by atoms with Gasteiger partial charge >= 0.3 is 5.97 Å². The molecule has 1 aliphatic rings. The zero-order chi connectivity index (χ0) is 13.1. The van der Waals surface area contributed by atoms with Gasteiger partial charge in [-0.3, -0.25) is 19.5 Å². The molecule has 1 unspecified atom stereocenters. The third-order valence-electron chi connectivity index (χ3n) is 2.79. The van der Waals surface area contributed by atoms with E-state index in [1.54, 1.807) is 17.2 Å². The maximum Gasteiger partial charge on any atom is 0.322 e. The second kappa shape index (κ2) is 5.32. The standard InChI is InChI=1S/C11H12ClN3O3/c12-8-3-13-2-1-7(8)5-15-6-10(16)14-4-9(15)11(17)18/h1-3,9H,4-6H2,(H,14,16)(H,17,18). The number of carboxylic acid groups (broad SMARTS) is 1. The van der Waals surface area contributed by atoms with Crippen molar-refractivity contribution >= 4 is 23.5 Å². The summed E-state index contributed by atoms with van der Waals surface area (Å²) in [6.07, 6.45) is 3.08. The molecule has 0 saturated carbocycles. The van der Waals surface area contributed by atoms with Gasteiger partial charge in [0, 0.05) is 25.5 Å². The molecule has 2 heterocycles. The van der Waals surface area contributed by atoms with Crippen LogP contribution in [0.15, 0.2) is 18.5 Å². The predicted molar refractivity (Wildman–Crippen MR) is 64.1 cm³/mol. The van der Waals surface area contributed by atoms with Crippen molar-refractivity contribution in [2.75, 3.05) is 13.1 Å². The van der Waals surface area contributed by atoms with E-state index < -0.39 is 12.0 Å². The third-order valence-corrected chi connectivity index (χ3v) is 3.14. The highest BCUT2D eigenvalue weighted by atomic mass is 35.5. The number of amides is 1. The van der Waals surface area contributed by atoms with Gasteiger partial charge in [-0.15, -0.1) is 0 Å². The Kier molecular flexibility index (Phi) is 3.78. The van der Waals surface area contributed by atoms with Crippen LogP contribution >= 0.6 is 11.6 Å². The molecule has 18 heavy (non-hydrogen) atoms. The summed E-state index contributed by atoms with van der Waals surface area (Å²) in [4.78, 5) is 27.9. The van der Waals surface area contributed by atoms with E-state index in [9.17, 15) is 9.59 Å². The molecule has 7 heteroatoms. The van der Waals surface area contributed by atoms with E-state index in [4.69, 9.17) is 16.7 Å². The average molecular weight is 270 g/mol. The number of hydrogen-bond acceptors (Lipinski definition) is 4. The molecule has 1 aromatic heterocycles. The number of aromatic nitrogens is 1. The van der Waals surface area contributed by atoms with Gasteiger partial charge in [-0.05, 0) is 11.6 Å². The molecule has 1 fully saturated rings. The lowest BCUT2D eigenvalue weighted by Crippen LogP contribution is -2.56. The molecule has 1 atom stereocenters. The van der Waals surface area contributed by atoms with Gasteiger partial charge in [0.05, 0.1) is 11.6 Å². The third kappa shape index (κ3) is 2.77. The van der Waals surface area contributed by atoms with E-state index >= 15 is 0 Å². The van der Waals surface area contributed by atoms with E-state index in [1.807, 2.05) is 0 Å². The normalized spacial score (nSPS) is 20.5. The number of carbonyl (C=O) groups is 2. The number of piperazine rings is 1. The molecule has 1 aromatic rings. The topological polar surface area (TPSA) is 82.5 Å². The van der Waals surface area contributed by atoms with Gasteiger partial charge in [0.1, 0.15) is 6.04 Å². The van der Waals surface area contributed by atoms with Crippen molar-refractivity contribution < 1.29 is 14.7 Å². The summed E-state index contributed by atoms with van der Waals surface area (Å²) >= 11 is 5.97. The fourth-order valence-corrected chi connectivity index (χ4v) is 2.03. The minimum absolute atomic E-state index is 0.0512. The molecular weight excluding hydrogens is 258 g/mol. The number of rotatable bonds is 3. The molecule has 1 amide bonds. The summed E-state index contributed by atoms with van der Waals surface area (Å²) in [7, 11) is 0. The van der Waals surface area contributed by atoms with Crippen LogP contribution in [0.4, 0.5) is 0 Å². The molecule has 6 nitrogen and oxygen atoms in total. The van der Waals surface area contributed by atoms with Gasteiger partial charge in [-0.2, -0.15) is 0 Å². The van der Waals surface area contributed by atoms with Crippen LogP contribution in [0, 0.1) is 0 Å². The Morgan fingerprint density at radius 1 is 1.67 bits per heavy atom. The maximum atomic E-state index is 11.3. The zero-order valence-corrected chi connectivity index (χ0v) is 10.2. The highest BCUT2D eigenvalue weighted by Gasteiger charge is 2.31. The van der Waals surface area contributed by atoms with E-state index in [2.05, 4.69) is 10.3 Å². The van der Waals surface area contributed by atoms with E-state index in [0.717, 1.165) is 5.56 Å². The van der Waals surface area contributed by atoms with E-state index in [0.29, 0.717) is 11.6 Å². The van der Waals surface area contributed by atoms with Crippen molar-refractivity contribution in [3.05, 3.63) is 29.0 Å². The average Bonchev–Trinajstić information content (AvgIpc) is 2.32. The molecule has 1 saturated heterocycles. The number of carbonyl (C=O) groups excluding carboxylic acids is 1. The SMILES string of the molecule is O=C1CN(Cc2ccncc2Cl)C(C(=O)O)CN1. The molecule has 0 aliphatic carbocycles. The summed E-state index contributed by atoms with van der Waals surface area (Å²) in [5.41, 5.74) is 0.757. The molecule has 0 bridgehead atoms. The largest absolute Gasteiger partial charge is 0.480 e. The van der Waals surface area contributed by atoms with E-state index in [-0.39, 0.29) is 19.0 Å². The van der Waals surface area contributed by atoms with Crippen LogP contribution in [0.3, 0.4) is 0 Å². The van der Waals surface area contributed by atoms with Crippen LogP contribution in [-0.4, -0.2) is 46.0 Å². The van der Waals surface area contributed by atoms with Crippen LogP contribution < -0.4 is 5.32 Å². The Morgan fingerprint density at radius 2 is 2.44 bits per heavy atom. The molecule has 0 spiro atoms. The lowest BCUT2D eigenvalue weighted by Gasteiger charge is -2.32. The van der Waals surface area contributed by atoms with Gasteiger partial charge in [0.2, 0.25) is 5.91 Å². The quantitative estimate of drug-likeness (QED) is 0.814. The predicted octanol–water partition coefficient (Wildman–Crippen LogP) is 0.120. The summed E-state index contributed by atoms with van der Waals surface area (Å²) in [6.45, 7) is 0.470. The lowest BCUT2D eigenvalue weighted by molar-refractivity contribution is -0.146. The number of halogens is 1. The summed E-state index contributed by atoms with van der Waals surface area (Å²) < 4.78 is 0. The van der Waals surface area contributed by atoms with Crippen molar-refractivity contribution in [2.24, 2.45) is 0 Å². The van der Waals surface area contributed by atoms with Crippen molar-refractivity contribution in [1.82, 2.24) is 15.2 Å². The van der Waals surface area contributed by atoms with Gasteiger partial charge in [0.15, 0.2) is 0 Å². The fourth-order valence-electron chi connectivity index (χ4n) is 1.85. The number of nitrogens with one attached hydrogen (secondary N) is 1. The summed E-state index contributed by atoms with van der Waals surface area (Å²) in [5.74, 6) is -1.14. The fraction of sp³-hybridized carbons (Fsp3) is 0.364. The Labute approximate surface area is 109 Å². The van der Waals surface area contributed by atoms with Gasteiger partial charge in [-0.25, -0.2) is 0 Å². The van der Waals surface area contributed by atoms with Crippen LogP contribution in [0.2, 0.25) is 5.02 Å². The smallest absolute Gasteiger partial charge is 0.322 e. The number of aliphatic carboxylic acids is 1. The zero-order valence-electron chi connectivity index (χ0n) is 9.47. The second-order valence-electron chi connectivity index (χ2n) is 4.03. The first-order chi connectivity index (χ1) is 8.58. The minimum atomic E-state index is -0.958. The van der Waals surface area contributed by atoms with Crippen LogP contribution in [0.1, 0.15) is 5.56 Å². The first-order valence-corrected chi connectivity index (χ1v) is 5.77. The molecule has 1 aliphatic heterocycles. The van der Waals surface area contributed by atoms with Crippen molar-refractivity contribution in [3.63, 3.8) is 0 Å². The first kappa shape index (κ1) is 12.8. The van der Waals surface area contributed by atoms with Crippen LogP contribution in [0.5, 0.6) is 0 Å². The molecule has 0 radical (unpaired) electrons. The van der Waals surface area contributed by atoms with Crippen LogP contribution in [-0.2, 0) is 16.1 Å². The van der Waals surface area contributed by atoms with Gasteiger partial charge in [0.25, 0.3) is 0 Å². The Balaban J connectivity index is 2.16. The lowest BCUT2D eigenvalue weighted by atomic mass is 10.1. The van der Waals surface area contributed by atoms with Crippen molar-refractivity contribution in [3.8, 4) is 0 Å². The number of pyridine rings is 1. The highest BCUT2D eigenvalue weighted by Crippen LogP contribution is 2.18. The minimum Gasteiger partial charge on any atom is -0.480 e. The van der Waals surface area contributed by atoms with Crippen LogP contribution in [0.25, 0.3) is 0 Å². The first-order valence-electron chi connectivity index (χ1n) is 5.40. The molecule has 0 aromatic carbocycles. The van der Waals surface area contributed by atoms with Gasteiger partial charge in [-0.1, -0.05) is 11.6 Å². The van der Waals surface area contributed by atoms with Crippen molar-refractivity contribution in [2.45, 2.75) is 12.6 Å². The Hall–Kier alpha value is -1.66. The summed E-state index contributed by atoms with van der Waals surface area (Å²) in [5, 5.41) is 12.1. The second-order valence-corrected chi connectivity index (χ2v) is 4.44. The molecule has 2 N–H and O–H groups in total. The van der Waals surface area contributed by atoms with Crippen molar-refractivity contribution in [1.29, 1.82) is 0 Å². The highest BCUT2D eigenvalue weighted by molar-refractivity contribution is 6.31. The Morgan fingerprint density at radius 3 is 3.11 bits per heavy atom. The number of hydrogen-bond donors (Lipinski definition) is 2. The van der Waals surface area contributed by atoms with E-state index in [1.165, 1.54) is 6.20 Å². The Bertz CT molecular complexity index is 480. The molecular formula is C11H12ClN3O3. The summed E-state index contributed by atoms with van der Waals surface area (Å²) in [6, 6.07) is 0.986. The molecule has 2 rings (SSSR count). The number of carboxylic acids is 1.